The molecule has 3 radical (unpaired) electrons. The van der Waals surface area contributed by atoms with Crippen LogP contribution in [0.25, 0.3) is 140 Å². The van der Waals surface area contributed by atoms with Crippen molar-refractivity contribution in [3.05, 3.63) is 449 Å². The van der Waals surface area contributed by atoms with Gasteiger partial charge >= 0.3 is 42.1 Å². The third kappa shape index (κ3) is 28.9. The molecule has 20 aromatic heterocycles. The third-order valence-electron chi connectivity index (χ3n) is 20.5. The molecule has 0 aliphatic carbocycles. The van der Waals surface area contributed by atoms with Crippen molar-refractivity contribution >= 4 is 45.3 Å². The number of benzene rings is 5. The molecule has 0 atom stereocenters. The minimum absolute atomic E-state index is 0. The van der Waals surface area contributed by atoms with Crippen LogP contribution < -0.4 is 0 Å². The molecule has 0 bridgehead atoms. The van der Waals surface area contributed by atoms with Crippen LogP contribution >= 0.6 is 45.3 Å². The number of thiophene rings is 3. The third-order valence-corrected chi connectivity index (χ3v) is 23.7. The molecule has 5 aromatic carbocycles. The van der Waals surface area contributed by atoms with Crippen molar-refractivity contribution < 1.29 is 116 Å². The van der Waals surface area contributed by atoms with E-state index in [2.05, 4.69) is 210 Å². The van der Waals surface area contributed by atoms with Crippen LogP contribution in [0.1, 0.15) is 0 Å². The Labute approximate surface area is 913 Å². The summed E-state index contributed by atoms with van der Waals surface area (Å²) >= 11 is 6.67. The molecule has 0 fully saturated rings. The molecule has 143 heavy (non-hydrogen) atoms. The number of thiazole rings is 1. The molecule has 25 rings (SSSR count). The van der Waals surface area contributed by atoms with Gasteiger partial charge in [-0.2, -0.15) is 73.2 Å². The molecule has 20 heterocycles. The monoisotopic (exact) mass is 2850 g/mol. The smallest absolute Gasteiger partial charge is 0.554 e. The van der Waals surface area contributed by atoms with Gasteiger partial charge in [-0.25, -0.2) is 71.7 Å². The summed E-state index contributed by atoms with van der Waals surface area (Å²) in [5.41, 5.74) is 15.5. The van der Waals surface area contributed by atoms with Gasteiger partial charge in [0.1, 0.15) is 11.8 Å². The predicted molar refractivity (Wildman–Crippen MR) is 540 cm³/mol. The second kappa shape index (κ2) is 56.0. The number of aromatic nitrogens is 24. The number of furan rings is 2. The fourth-order valence-electron chi connectivity index (χ4n) is 13.9. The zero-order chi connectivity index (χ0) is 95.0. The molecule has 27 nitrogen and oxygen atoms in total. The number of nitrogens with zero attached hydrogens (tertiary/aromatic N) is 24. The first-order valence-electron chi connectivity index (χ1n) is 42.8. The maximum Gasteiger partial charge on any atom is 2.00 e. The van der Waals surface area contributed by atoms with Gasteiger partial charge in [0.25, 0.3) is 0 Å². The molecule has 25 aromatic rings. The quantitative estimate of drug-likeness (QED) is 0.0867. The van der Waals surface area contributed by atoms with Gasteiger partial charge in [-0.1, -0.05) is 236 Å². The van der Waals surface area contributed by atoms with Gasteiger partial charge in [0, 0.05) is 232 Å². The Morgan fingerprint density at radius 1 is 0.336 bits per heavy atom. The van der Waals surface area contributed by atoms with Crippen LogP contribution in [0.2, 0.25) is 0 Å². The van der Waals surface area contributed by atoms with Gasteiger partial charge in [0.2, 0.25) is 0 Å². The van der Waals surface area contributed by atoms with Crippen LogP contribution in [0.3, 0.4) is 0 Å². The van der Waals surface area contributed by atoms with Crippen LogP contribution in [0, 0.1) is 60.8 Å². The van der Waals surface area contributed by atoms with Gasteiger partial charge in [-0.15, -0.1) is 57.0 Å². The second-order valence-corrected chi connectivity index (χ2v) is 33.1. The van der Waals surface area contributed by atoms with Crippen molar-refractivity contribution in [1.29, 1.82) is 0 Å². The van der Waals surface area contributed by atoms with E-state index in [1.54, 1.807) is 137 Å². The normalized spacial score (nSPS) is 10.1. The SMILES string of the molecule is Cn1c(-c2ccccc2)cnc1-c1[c-]coc1.Cn1c[c-]c(-c2nccs2)c1-c1ccccc1.Cn1cc[c-]c1-n1cccn1.Cn1cc[c-]c1-n1cccn1.Cn1ccnc1-c1[c-]cn(C)c1-c1ccccc1.Cn1ccnc1-c1[c-]csc1-c1ccccc1.Cn1ccnc1-c1[c-]csc1-c1ccccc1.[Ir].[Ir].[Ir].[Pt+2].[Pt+2].[c-]1ccoc1-n1cccn1.[c-]1cscc1-n1cccn1.[c-]1ncoc1-n1cccn1. The van der Waals surface area contributed by atoms with Crippen molar-refractivity contribution in [2.75, 3.05) is 0 Å². The number of imidazole rings is 4. The van der Waals surface area contributed by atoms with E-state index >= 15 is 0 Å². The topological polar surface area (TPSA) is 245 Å². The van der Waals surface area contributed by atoms with Gasteiger partial charge in [-0.05, 0) is 96.9 Å². The van der Waals surface area contributed by atoms with Crippen LogP contribution in [0.15, 0.2) is 402 Å². The van der Waals surface area contributed by atoms with Crippen LogP contribution in [0.5, 0.6) is 0 Å². The molecule has 0 spiro atoms. The minimum Gasteiger partial charge on any atom is -0.554 e. The largest absolute Gasteiger partial charge is 2.00 e. The summed E-state index contributed by atoms with van der Waals surface area (Å²) in [6.07, 6.45) is 49.3. The van der Waals surface area contributed by atoms with Gasteiger partial charge in [-0.3, -0.25) is 16.0 Å². The van der Waals surface area contributed by atoms with E-state index in [0.717, 1.165) is 90.4 Å². The second-order valence-electron chi connectivity index (χ2n) is 29.7. The first-order chi connectivity index (χ1) is 67.9. The summed E-state index contributed by atoms with van der Waals surface area (Å²) in [6, 6.07) is 94.6. The zero-order valence-electron chi connectivity index (χ0n) is 77.7. The zero-order valence-corrected chi connectivity index (χ0v) is 92.7. The Hall–Kier alpha value is -14.1. The predicted octanol–water partition coefficient (Wildman–Crippen LogP) is 22.6. The summed E-state index contributed by atoms with van der Waals surface area (Å²) in [4.78, 5) is 28.0. The minimum atomic E-state index is 0. The summed E-state index contributed by atoms with van der Waals surface area (Å²) in [7, 11) is 16.0. The van der Waals surface area contributed by atoms with Gasteiger partial charge < -0.3 is 79.7 Å². The van der Waals surface area contributed by atoms with Gasteiger partial charge in [0.05, 0.1) is 5.69 Å². The van der Waals surface area contributed by atoms with Crippen LogP contribution in [-0.4, -0.2) is 115 Å². The molecule has 0 unspecified atom stereocenters. The van der Waals surface area contributed by atoms with Crippen molar-refractivity contribution in [1.82, 2.24) is 115 Å². The van der Waals surface area contributed by atoms with Crippen molar-refractivity contribution in [3.63, 3.8) is 0 Å². The van der Waals surface area contributed by atoms with E-state index in [-0.39, 0.29) is 102 Å². The number of rotatable bonds is 15. The molecule has 0 saturated carbocycles. The molecular formula is C107H88Ir3N24O3Pt2S4-6. The molecule has 731 valence electrons. The Morgan fingerprint density at radius 3 is 1.17 bits per heavy atom. The first-order valence-corrected chi connectivity index (χ1v) is 46.4. The molecule has 0 saturated heterocycles. The fourth-order valence-corrected chi connectivity index (χ4v) is 16.8. The van der Waals surface area contributed by atoms with E-state index in [4.69, 9.17) is 13.3 Å². The van der Waals surface area contributed by atoms with E-state index in [1.807, 2.05) is 307 Å². The van der Waals surface area contributed by atoms with E-state index in [9.17, 15) is 0 Å². The number of oxazole rings is 1. The summed E-state index contributed by atoms with van der Waals surface area (Å²) in [5.74, 6) is 6.75. The average Bonchev–Trinajstić information content (AvgIpc) is 1.66. The van der Waals surface area contributed by atoms with Crippen molar-refractivity contribution in [3.8, 4) is 140 Å². The summed E-state index contributed by atoms with van der Waals surface area (Å²) < 4.78 is 39.7. The fraction of sp³-hybridized carbons (Fsp3) is 0.0748. The molecule has 0 amide bonds. The van der Waals surface area contributed by atoms with Crippen LogP contribution in [0.4, 0.5) is 0 Å². The molecule has 0 aliphatic heterocycles. The number of aryl methyl sites for hydroxylation is 7. The maximum atomic E-state index is 5.03. The Balaban J connectivity index is 0.000000152. The first kappa shape index (κ1) is 109. The van der Waals surface area contributed by atoms with Crippen molar-refractivity contribution in [2.24, 2.45) is 56.4 Å². The molecule has 0 aliphatic rings. The summed E-state index contributed by atoms with van der Waals surface area (Å²) in [5, 5.41) is 31.0. The number of hydrogen-bond donors (Lipinski definition) is 0. The van der Waals surface area contributed by atoms with Crippen LogP contribution in [-0.2, 0) is 159 Å². The standard InChI is InChI=1S/C15H14N3.C14H11N2O.3C14H11N2S.2C8H8N3.C7H5N2O.C7H5N2S.C6H4N3O.3Ir.2Pt/c1-17-10-8-13(15-16-9-11-18(15)2)14(17)12-6-4-3-5-7-12;1-16-13(11-5-3-2-4-6-11)9-15-14(16)12-7-8-17-10-12;2*1-16-9-8-15-14(16)12-7-10-17-13(12)11-5-3-2-4-6-11;1-16-9-7-12(14-15-8-10-17-14)13(16)11-5-3-2-4-6-11;2*1-10-6-2-4-8(10)11-7-3-5-9-11;1-3-7(10-6-1)9-5-2-4-8-9;1-3-8-9(4-1)7-2-5-10-6-7;1-2-8-9(3-1)6-4-7-5-10-6;;;;;/h3-7,9-11H,1-2H3;4*2-6,8-10H,1H3;2*2-3,5-7H,1H3;1-2,4-6H;1,3-6H;1-3,5H;;;;;/q10*-1;;;;2*+2. The Morgan fingerprint density at radius 2 is 0.783 bits per heavy atom. The average molecular weight is 2850 g/mol. The molecule has 0 N–H and O–H groups in total. The maximum absolute atomic E-state index is 5.03. The van der Waals surface area contributed by atoms with E-state index < -0.39 is 0 Å². The molecule has 36 heteroatoms. The van der Waals surface area contributed by atoms with E-state index in [1.165, 1.54) is 50.4 Å². The molecular weight excluding hydrogens is 2760 g/mol. The summed E-state index contributed by atoms with van der Waals surface area (Å²) in [6.45, 7) is 0. The van der Waals surface area contributed by atoms with Crippen molar-refractivity contribution in [2.45, 2.75) is 0 Å². The Bertz CT molecular complexity index is 7230. The number of hydrogen-bond acceptors (Lipinski definition) is 18. The van der Waals surface area contributed by atoms with E-state index in [0.29, 0.717) is 11.8 Å². The Kier molecular flexibility index (Phi) is 42.8. The van der Waals surface area contributed by atoms with Gasteiger partial charge in [0.15, 0.2) is 0 Å².